The van der Waals surface area contributed by atoms with E-state index in [2.05, 4.69) is 11.8 Å². The van der Waals surface area contributed by atoms with Gasteiger partial charge in [0.25, 0.3) is 0 Å². The molecule has 0 amide bonds. The summed E-state index contributed by atoms with van der Waals surface area (Å²) in [4.78, 5) is 0. The van der Waals surface area contributed by atoms with Crippen LogP contribution in [0.25, 0.3) is 0 Å². The molecule has 0 aliphatic rings. The minimum absolute atomic E-state index is 0.304. The summed E-state index contributed by atoms with van der Waals surface area (Å²) in [6.07, 6.45) is 0. The zero-order chi connectivity index (χ0) is 11.3. The molecule has 0 fully saturated rings. The first kappa shape index (κ1) is 11.1. The Labute approximate surface area is 90.5 Å². The summed E-state index contributed by atoms with van der Waals surface area (Å²) in [6, 6.07) is 9.54. The third-order valence-corrected chi connectivity index (χ3v) is 2.24. The first-order chi connectivity index (χ1) is 7.10. The van der Waals surface area contributed by atoms with Gasteiger partial charge in [0.05, 0.1) is 12.5 Å². The molecule has 1 aromatic carbocycles. The molecule has 0 heterocycles. The van der Waals surface area contributed by atoms with Crippen LogP contribution < -0.4 is 4.74 Å². The van der Waals surface area contributed by atoms with Crippen molar-refractivity contribution in [1.29, 1.82) is 5.26 Å². The molecule has 0 saturated carbocycles. The monoisotopic (exact) mass is 199 g/mol. The molecule has 0 bridgehead atoms. The van der Waals surface area contributed by atoms with Gasteiger partial charge in [0.2, 0.25) is 0 Å². The summed E-state index contributed by atoms with van der Waals surface area (Å²) in [6.45, 7) is 3.97. The van der Waals surface area contributed by atoms with Gasteiger partial charge in [0.1, 0.15) is 5.75 Å². The number of nitrogens with zero attached hydrogens (tertiary/aromatic N) is 1. The van der Waals surface area contributed by atoms with Crippen molar-refractivity contribution in [2.75, 3.05) is 7.11 Å². The molecule has 1 rings (SSSR count). The quantitative estimate of drug-likeness (QED) is 0.685. The minimum Gasteiger partial charge on any atom is -0.497 e. The van der Waals surface area contributed by atoms with Gasteiger partial charge in [0, 0.05) is 5.92 Å². The van der Waals surface area contributed by atoms with Crippen LogP contribution >= 0.6 is 0 Å². The Bertz CT molecular complexity index is 426. The molecule has 1 aromatic rings. The van der Waals surface area contributed by atoms with Crippen molar-refractivity contribution in [2.24, 2.45) is 0 Å². The van der Waals surface area contributed by atoms with Gasteiger partial charge in [0.15, 0.2) is 6.07 Å². The predicted molar refractivity (Wildman–Crippen MR) is 59.4 cm³/mol. The van der Waals surface area contributed by atoms with Gasteiger partial charge in [-0.05, 0) is 31.5 Å². The lowest BCUT2D eigenvalue weighted by molar-refractivity contribution is 0.414. The Hall–Kier alpha value is -1.93. The van der Waals surface area contributed by atoms with E-state index in [1.165, 1.54) is 0 Å². The molecule has 0 atom stereocenters. The van der Waals surface area contributed by atoms with Gasteiger partial charge in [-0.25, -0.2) is 0 Å². The molecule has 0 aliphatic heterocycles. The number of hydrogen-bond donors (Lipinski definition) is 0. The number of benzene rings is 1. The SMILES string of the molecule is COc1ccc(C(C)(C)C#CC#N)cc1. The second kappa shape index (κ2) is 4.53. The number of nitriles is 1. The van der Waals surface area contributed by atoms with Crippen LogP contribution in [0, 0.1) is 23.2 Å². The highest BCUT2D eigenvalue weighted by atomic mass is 16.5. The predicted octanol–water partition coefficient (Wildman–Crippen LogP) is 2.50. The zero-order valence-electron chi connectivity index (χ0n) is 9.16. The van der Waals surface area contributed by atoms with Crippen molar-refractivity contribution in [3.8, 4) is 23.7 Å². The number of ether oxygens (including phenoxy) is 1. The molecule has 0 spiro atoms. The highest BCUT2D eigenvalue weighted by Gasteiger charge is 2.17. The van der Waals surface area contributed by atoms with Gasteiger partial charge in [-0.1, -0.05) is 18.1 Å². The van der Waals surface area contributed by atoms with E-state index in [0.29, 0.717) is 0 Å². The summed E-state index contributed by atoms with van der Waals surface area (Å²) in [5, 5.41) is 8.42. The lowest BCUT2D eigenvalue weighted by atomic mass is 9.85. The van der Waals surface area contributed by atoms with E-state index < -0.39 is 0 Å². The molecule has 0 aromatic heterocycles. The van der Waals surface area contributed by atoms with E-state index in [0.717, 1.165) is 11.3 Å². The maximum absolute atomic E-state index is 8.42. The molecule has 0 radical (unpaired) electrons. The molecule has 0 unspecified atom stereocenters. The summed E-state index contributed by atoms with van der Waals surface area (Å²) in [5.74, 6) is 6.17. The third kappa shape index (κ3) is 2.76. The van der Waals surface area contributed by atoms with E-state index in [1.807, 2.05) is 44.2 Å². The second-order valence-corrected chi connectivity index (χ2v) is 3.72. The summed E-state index contributed by atoms with van der Waals surface area (Å²) >= 11 is 0. The average Bonchev–Trinajstić information content (AvgIpc) is 2.26. The lowest BCUT2D eigenvalue weighted by Crippen LogP contribution is -2.13. The zero-order valence-corrected chi connectivity index (χ0v) is 9.16. The van der Waals surface area contributed by atoms with Crippen molar-refractivity contribution >= 4 is 0 Å². The fourth-order valence-corrected chi connectivity index (χ4v) is 1.26. The third-order valence-electron chi connectivity index (χ3n) is 2.24. The van der Waals surface area contributed by atoms with E-state index in [1.54, 1.807) is 7.11 Å². The van der Waals surface area contributed by atoms with Crippen molar-refractivity contribution in [1.82, 2.24) is 0 Å². The number of hydrogen-bond acceptors (Lipinski definition) is 2. The summed E-state index contributed by atoms with van der Waals surface area (Å²) < 4.78 is 5.07. The molecule has 2 nitrogen and oxygen atoms in total. The normalized spacial score (nSPS) is 9.73. The number of rotatable bonds is 2. The van der Waals surface area contributed by atoms with Crippen LogP contribution in [-0.4, -0.2) is 7.11 Å². The fraction of sp³-hybridized carbons (Fsp3) is 0.308. The van der Waals surface area contributed by atoms with Gasteiger partial charge in [-0.15, -0.1) is 0 Å². The van der Waals surface area contributed by atoms with Crippen LogP contribution in [0.1, 0.15) is 19.4 Å². The average molecular weight is 199 g/mol. The molecule has 0 N–H and O–H groups in total. The van der Waals surface area contributed by atoms with Crippen LogP contribution in [-0.2, 0) is 5.41 Å². The van der Waals surface area contributed by atoms with Crippen LogP contribution in [0.15, 0.2) is 24.3 Å². The largest absolute Gasteiger partial charge is 0.497 e. The van der Waals surface area contributed by atoms with Gasteiger partial charge in [-0.3, -0.25) is 0 Å². The van der Waals surface area contributed by atoms with Crippen LogP contribution in [0.4, 0.5) is 0 Å². The highest BCUT2D eigenvalue weighted by molar-refractivity contribution is 5.38. The molecule has 15 heavy (non-hydrogen) atoms. The molecule has 76 valence electrons. The molecule has 0 aliphatic carbocycles. The van der Waals surface area contributed by atoms with Crippen LogP contribution in [0.2, 0.25) is 0 Å². The first-order valence-electron chi connectivity index (χ1n) is 4.66. The topological polar surface area (TPSA) is 33.0 Å². The first-order valence-corrected chi connectivity index (χ1v) is 4.66. The Kier molecular flexibility index (Phi) is 3.37. The lowest BCUT2D eigenvalue weighted by Gasteiger charge is -2.17. The number of methoxy groups -OCH3 is 1. The van der Waals surface area contributed by atoms with Gasteiger partial charge in [-0.2, -0.15) is 5.26 Å². The Balaban J connectivity index is 3.01. The van der Waals surface area contributed by atoms with E-state index in [-0.39, 0.29) is 5.41 Å². The van der Waals surface area contributed by atoms with Crippen molar-refractivity contribution in [2.45, 2.75) is 19.3 Å². The van der Waals surface area contributed by atoms with E-state index in [4.69, 9.17) is 10.00 Å². The summed E-state index contributed by atoms with van der Waals surface area (Å²) in [5.41, 5.74) is 0.771. The van der Waals surface area contributed by atoms with E-state index >= 15 is 0 Å². The minimum atomic E-state index is -0.304. The molecule has 2 heteroatoms. The second-order valence-electron chi connectivity index (χ2n) is 3.72. The van der Waals surface area contributed by atoms with Crippen molar-refractivity contribution in [3.63, 3.8) is 0 Å². The fourth-order valence-electron chi connectivity index (χ4n) is 1.26. The van der Waals surface area contributed by atoms with Gasteiger partial charge >= 0.3 is 0 Å². The Morgan fingerprint density at radius 1 is 1.20 bits per heavy atom. The van der Waals surface area contributed by atoms with Gasteiger partial charge < -0.3 is 4.74 Å². The maximum atomic E-state index is 8.42. The standard InChI is InChI=1S/C13H13NO/c1-13(2,9-4-10-14)11-5-7-12(15-3)8-6-11/h5-8H,1-3H3. The molecular weight excluding hydrogens is 186 g/mol. The summed E-state index contributed by atoms with van der Waals surface area (Å²) in [7, 11) is 1.63. The molecular formula is C13H13NO. The Morgan fingerprint density at radius 3 is 2.27 bits per heavy atom. The maximum Gasteiger partial charge on any atom is 0.152 e. The Morgan fingerprint density at radius 2 is 1.80 bits per heavy atom. The van der Waals surface area contributed by atoms with E-state index in [9.17, 15) is 0 Å². The van der Waals surface area contributed by atoms with Crippen LogP contribution in [0.5, 0.6) is 5.75 Å². The smallest absolute Gasteiger partial charge is 0.152 e. The molecule has 0 saturated heterocycles. The van der Waals surface area contributed by atoms with Crippen molar-refractivity contribution in [3.05, 3.63) is 29.8 Å². The highest BCUT2D eigenvalue weighted by Crippen LogP contribution is 2.24. The van der Waals surface area contributed by atoms with Crippen molar-refractivity contribution < 1.29 is 4.74 Å². The van der Waals surface area contributed by atoms with Crippen LogP contribution in [0.3, 0.4) is 0 Å².